The monoisotopic (exact) mass is 572 g/mol. The normalized spacial score (nSPS) is 22.4. The fourth-order valence-electron chi connectivity index (χ4n) is 4.94. The number of nitrogens with one attached hydrogen (secondary N) is 1. The van der Waals surface area contributed by atoms with Crippen LogP contribution < -0.4 is 14.4 Å². The molecule has 2 aliphatic heterocycles. The number of aliphatic hydroxyl groups is 1. The van der Waals surface area contributed by atoms with Crippen LogP contribution in [0.25, 0.3) is 11.1 Å². The maximum Gasteiger partial charge on any atom is 0.416 e. The van der Waals surface area contributed by atoms with Crippen molar-refractivity contribution in [2.45, 2.75) is 25.1 Å². The van der Waals surface area contributed by atoms with Gasteiger partial charge in [-0.1, -0.05) is 17.3 Å². The number of methoxy groups -OCH3 is 1. The largest absolute Gasteiger partial charge is 0.495 e. The fraction of sp³-hybridized carbons (Fsp3) is 0.375. The lowest BCUT2D eigenvalue weighted by atomic mass is 9.90. The van der Waals surface area contributed by atoms with Gasteiger partial charge >= 0.3 is 16.4 Å². The number of aliphatic hydroxyl groups excluding tert-OH is 1. The number of ether oxygens (including phenoxy) is 2. The minimum absolute atomic E-state index is 0.00128. The van der Waals surface area contributed by atoms with Crippen LogP contribution in [0.4, 0.5) is 29.1 Å². The first-order valence-electron chi connectivity index (χ1n) is 11.8. The van der Waals surface area contributed by atoms with Crippen molar-refractivity contribution in [3.8, 4) is 16.9 Å². The van der Waals surface area contributed by atoms with Gasteiger partial charge in [0.05, 0.1) is 25.0 Å². The second-order valence-electron chi connectivity index (χ2n) is 9.12. The smallest absolute Gasteiger partial charge is 0.416 e. The highest BCUT2D eigenvalue weighted by Gasteiger charge is 2.44. The third-order valence-corrected chi connectivity index (χ3v) is 8.25. The summed E-state index contributed by atoms with van der Waals surface area (Å²) in [6.45, 7) is 0.143. The zero-order valence-electron chi connectivity index (χ0n) is 20.4. The summed E-state index contributed by atoms with van der Waals surface area (Å²) in [6, 6.07) is 7.50. The number of anilines is 2. The number of nitrogens with zero attached hydrogens (tertiary/aromatic N) is 3. The van der Waals surface area contributed by atoms with E-state index in [-0.39, 0.29) is 54.5 Å². The molecule has 2 aliphatic rings. The molecule has 10 nitrogen and oxygen atoms in total. The third-order valence-electron chi connectivity index (χ3n) is 6.77. The SMILES string of the molecule is COc1cc(-c2cccc(C(F)(F)F)c2)c(F)cc1N1C(O)OC[C@@H]2CN(S(=O)(=O)Nc3ccon3)CC[C@H]21. The van der Waals surface area contributed by atoms with E-state index in [1.54, 1.807) is 0 Å². The van der Waals surface area contributed by atoms with Crippen molar-refractivity contribution in [3.05, 3.63) is 60.1 Å². The molecule has 3 atom stereocenters. The number of aromatic nitrogens is 1. The molecular formula is C24H24F4N4O6S. The molecule has 0 saturated carbocycles. The number of fused-ring (bicyclic) bond motifs is 1. The van der Waals surface area contributed by atoms with E-state index in [0.29, 0.717) is 0 Å². The minimum atomic E-state index is -4.60. The lowest BCUT2D eigenvalue weighted by Gasteiger charge is -2.49. The van der Waals surface area contributed by atoms with Crippen LogP contribution in [0.2, 0.25) is 0 Å². The molecule has 2 N–H and O–H groups in total. The predicted octanol–water partition coefficient (Wildman–Crippen LogP) is 3.67. The molecule has 0 bridgehead atoms. The summed E-state index contributed by atoms with van der Waals surface area (Å²) in [7, 11) is -2.65. The van der Waals surface area contributed by atoms with Gasteiger partial charge in [0.2, 0.25) is 6.41 Å². The van der Waals surface area contributed by atoms with Gasteiger partial charge in [-0.25, -0.2) is 4.39 Å². The highest BCUT2D eigenvalue weighted by molar-refractivity contribution is 7.90. The van der Waals surface area contributed by atoms with Crippen LogP contribution in [0.3, 0.4) is 0 Å². The number of alkyl halides is 3. The Morgan fingerprint density at radius 3 is 2.69 bits per heavy atom. The second-order valence-corrected chi connectivity index (χ2v) is 10.8. The van der Waals surface area contributed by atoms with E-state index in [1.165, 1.54) is 46.8 Å². The van der Waals surface area contributed by atoms with Crippen molar-refractivity contribution in [2.75, 3.05) is 36.4 Å². The molecule has 2 saturated heterocycles. The van der Waals surface area contributed by atoms with Gasteiger partial charge in [-0.05, 0) is 30.2 Å². The molecule has 3 aromatic rings. The Morgan fingerprint density at radius 2 is 2.00 bits per heavy atom. The summed E-state index contributed by atoms with van der Waals surface area (Å²) >= 11 is 0. The number of benzene rings is 2. The number of hydrogen-bond acceptors (Lipinski definition) is 8. The predicted molar refractivity (Wildman–Crippen MR) is 130 cm³/mol. The molecule has 3 heterocycles. The highest BCUT2D eigenvalue weighted by Crippen LogP contribution is 2.42. The summed E-state index contributed by atoms with van der Waals surface area (Å²) in [5.41, 5.74) is -0.932. The number of rotatable bonds is 6. The standard InChI is InChI=1S/C24H24F4N4O6S/c1-36-21-10-17(14-3-2-4-16(9-14)24(26,27)28)18(25)11-20(21)32-19-5-7-31(12-15(19)13-37-23(32)33)39(34,35)30-22-6-8-38-29-22/h2-4,6,8-11,15,19,23,33H,5,7,12-13H2,1H3,(H,29,30)/t15-,19+,23?/m0/s1. The van der Waals surface area contributed by atoms with Crippen LogP contribution in [0.5, 0.6) is 5.75 Å². The summed E-state index contributed by atoms with van der Waals surface area (Å²) in [6.07, 6.45) is -4.61. The molecule has 2 aromatic carbocycles. The lowest BCUT2D eigenvalue weighted by Crippen LogP contribution is -2.61. The maximum absolute atomic E-state index is 15.4. The van der Waals surface area contributed by atoms with Gasteiger partial charge in [-0.2, -0.15) is 25.9 Å². The van der Waals surface area contributed by atoms with Crippen molar-refractivity contribution >= 4 is 21.7 Å². The summed E-state index contributed by atoms with van der Waals surface area (Å²) in [5, 5.41) is 14.3. The second kappa shape index (κ2) is 10.3. The molecule has 0 radical (unpaired) electrons. The molecule has 2 fully saturated rings. The van der Waals surface area contributed by atoms with E-state index in [9.17, 15) is 26.7 Å². The molecular weight excluding hydrogens is 548 g/mol. The van der Waals surface area contributed by atoms with E-state index >= 15 is 4.39 Å². The zero-order chi connectivity index (χ0) is 27.9. The Hall–Kier alpha value is -3.40. The van der Waals surface area contributed by atoms with Crippen LogP contribution in [0.15, 0.2) is 53.3 Å². The van der Waals surface area contributed by atoms with Crippen molar-refractivity contribution in [2.24, 2.45) is 5.92 Å². The molecule has 1 aromatic heterocycles. The van der Waals surface area contributed by atoms with Crippen molar-refractivity contribution in [1.82, 2.24) is 9.46 Å². The van der Waals surface area contributed by atoms with Crippen LogP contribution in [0.1, 0.15) is 12.0 Å². The quantitative estimate of drug-likeness (QED) is 0.430. The topological polar surface area (TPSA) is 117 Å². The first-order valence-corrected chi connectivity index (χ1v) is 13.2. The first-order chi connectivity index (χ1) is 18.5. The molecule has 0 amide bonds. The Balaban J connectivity index is 1.43. The van der Waals surface area contributed by atoms with Gasteiger partial charge in [0.1, 0.15) is 17.8 Å². The van der Waals surface area contributed by atoms with Crippen LogP contribution in [0, 0.1) is 11.7 Å². The van der Waals surface area contributed by atoms with E-state index in [0.717, 1.165) is 18.2 Å². The van der Waals surface area contributed by atoms with Crippen LogP contribution in [-0.4, -0.2) is 62.2 Å². The molecule has 39 heavy (non-hydrogen) atoms. The van der Waals surface area contributed by atoms with Gasteiger partial charge in [0.15, 0.2) is 5.82 Å². The Kier molecular flexibility index (Phi) is 7.17. The van der Waals surface area contributed by atoms with Gasteiger partial charge in [-0.3, -0.25) is 4.72 Å². The number of hydrogen-bond donors (Lipinski definition) is 2. The summed E-state index contributed by atoms with van der Waals surface area (Å²) < 4.78 is 99.8. The molecule has 210 valence electrons. The van der Waals surface area contributed by atoms with E-state index in [2.05, 4.69) is 14.4 Å². The average Bonchev–Trinajstić information content (AvgIpc) is 3.40. The van der Waals surface area contributed by atoms with Gasteiger partial charge in [-0.15, -0.1) is 0 Å². The summed E-state index contributed by atoms with van der Waals surface area (Å²) in [5.74, 6) is -1.13. The zero-order valence-corrected chi connectivity index (χ0v) is 21.2. The van der Waals surface area contributed by atoms with Crippen molar-refractivity contribution in [1.29, 1.82) is 0 Å². The number of piperidine rings is 1. The van der Waals surface area contributed by atoms with Crippen LogP contribution >= 0.6 is 0 Å². The molecule has 5 rings (SSSR count). The molecule has 0 aliphatic carbocycles. The maximum atomic E-state index is 15.4. The van der Waals surface area contributed by atoms with Gasteiger partial charge in [0.25, 0.3) is 0 Å². The van der Waals surface area contributed by atoms with Gasteiger partial charge < -0.3 is 24.0 Å². The Bertz CT molecular complexity index is 1440. The fourth-order valence-corrected chi connectivity index (χ4v) is 6.17. The van der Waals surface area contributed by atoms with Crippen molar-refractivity contribution < 1.29 is 45.1 Å². The average molecular weight is 573 g/mol. The highest BCUT2D eigenvalue weighted by atomic mass is 32.2. The minimum Gasteiger partial charge on any atom is -0.495 e. The lowest BCUT2D eigenvalue weighted by molar-refractivity contribution is -0.149. The van der Waals surface area contributed by atoms with Crippen molar-refractivity contribution in [3.63, 3.8) is 0 Å². The van der Waals surface area contributed by atoms with E-state index in [1.807, 2.05) is 0 Å². The van der Waals surface area contributed by atoms with Crippen LogP contribution in [-0.2, 0) is 21.1 Å². The number of halogens is 4. The van der Waals surface area contributed by atoms with E-state index in [4.69, 9.17) is 9.47 Å². The summed E-state index contributed by atoms with van der Waals surface area (Å²) in [4.78, 5) is 1.40. The first kappa shape index (κ1) is 27.2. The Labute approximate surface area is 220 Å². The van der Waals surface area contributed by atoms with Gasteiger partial charge in [0, 0.05) is 42.7 Å². The molecule has 0 spiro atoms. The molecule has 1 unspecified atom stereocenters. The molecule has 15 heteroatoms. The van der Waals surface area contributed by atoms with E-state index < -0.39 is 46.1 Å². The Morgan fingerprint density at radius 1 is 1.21 bits per heavy atom. The third kappa shape index (κ3) is 5.39.